The van der Waals surface area contributed by atoms with Crippen molar-refractivity contribution < 1.29 is 9.90 Å². The summed E-state index contributed by atoms with van der Waals surface area (Å²) < 4.78 is 1.79. The molecule has 0 bridgehead atoms. The molecule has 0 saturated carbocycles. The van der Waals surface area contributed by atoms with E-state index in [4.69, 9.17) is 0 Å². The Bertz CT molecular complexity index is 898. The number of phenolic OH excluding ortho intramolecular Hbond substituents is 1. The topological polar surface area (TPSA) is 67.1 Å². The molecule has 5 heteroatoms. The molecule has 0 fully saturated rings. The van der Waals surface area contributed by atoms with Gasteiger partial charge in [0.15, 0.2) is 0 Å². The lowest BCUT2D eigenvalue weighted by Gasteiger charge is -2.24. The van der Waals surface area contributed by atoms with Gasteiger partial charge in [0.2, 0.25) is 5.91 Å². The fourth-order valence-corrected chi connectivity index (χ4v) is 3.29. The number of anilines is 1. The number of phenols is 1. The first-order chi connectivity index (χ1) is 11.6. The third-order valence-electron chi connectivity index (χ3n) is 4.40. The summed E-state index contributed by atoms with van der Waals surface area (Å²) in [5.74, 6) is 0.855. The second-order valence-corrected chi connectivity index (χ2v) is 5.99. The molecular formula is C19H17N3O2. The number of aryl methyl sites for hydroxylation is 1. The van der Waals surface area contributed by atoms with Gasteiger partial charge < -0.3 is 10.4 Å². The first kappa shape index (κ1) is 14.5. The van der Waals surface area contributed by atoms with Crippen LogP contribution in [0.15, 0.2) is 54.6 Å². The van der Waals surface area contributed by atoms with Crippen molar-refractivity contribution >= 4 is 11.7 Å². The van der Waals surface area contributed by atoms with Crippen LogP contribution in [0.2, 0.25) is 0 Å². The molecule has 2 N–H and O–H groups in total. The molecule has 0 radical (unpaired) electrons. The van der Waals surface area contributed by atoms with Gasteiger partial charge in [-0.2, -0.15) is 5.10 Å². The molecule has 1 aliphatic rings. The molecule has 24 heavy (non-hydrogen) atoms. The third kappa shape index (κ3) is 2.34. The maximum atomic E-state index is 12.3. The second-order valence-electron chi connectivity index (χ2n) is 5.99. The van der Waals surface area contributed by atoms with E-state index >= 15 is 0 Å². The average molecular weight is 319 g/mol. The largest absolute Gasteiger partial charge is 0.508 e. The number of fused-ring (bicyclic) bond motifs is 1. The van der Waals surface area contributed by atoms with Gasteiger partial charge in [0.05, 0.1) is 11.4 Å². The van der Waals surface area contributed by atoms with E-state index < -0.39 is 0 Å². The molecule has 5 nitrogen and oxygen atoms in total. The van der Waals surface area contributed by atoms with E-state index in [-0.39, 0.29) is 17.6 Å². The number of aromatic hydroxyl groups is 1. The highest BCUT2D eigenvalue weighted by Crippen LogP contribution is 2.40. The molecule has 0 unspecified atom stereocenters. The zero-order valence-corrected chi connectivity index (χ0v) is 13.2. The fourth-order valence-electron chi connectivity index (χ4n) is 3.29. The van der Waals surface area contributed by atoms with Crippen molar-refractivity contribution in [3.05, 3.63) is 71.4 Å². The smallest absolute Gasteiger partial charge is 0.226 e. The van der Waals surface area contributed by atoms with Crippen molar-refractivity contribution in [1.29, 1.82) is 0 Å². The highest BCUT2D eigenvalue weighted by atomic mass is 16.3. The van der Waals surface area contributed by atoms with Crippen LogP contribution in [0.25, 0.3) is 5.69 Å². The molecule has 2 aromatic carbocycles. The van der Waals surface area contributed by atoms with E-state index in [1.54, 1.807) is 16.8 Å². The second kappa shape index (κ2) is 5.53. The summed E-state index contributed by atoms with van der Waals surface area (Å²) in [7, 11) is 0. The standard InChI is InChI=1S/C19H17N3O2/c1-12-18-16(13-7-9-15(23)10-8-13)11-17(24)20-19(18)22(21-12)14-5-3-2-4-6-14/h2-10,16,23H,11H2,1H3,(H,20,24)/t16-/m0/s1. The molecular weight excluding hydrogens is 302 g/mol. The summed E-state index contributed by atoms with van der Waals surface area (Å²) in [6.45, 7) is 1.96. The van der Waals surface area contributed by atoms with Crippen molar-refractivity contribution in [3.8, 4) is 11.4 Å². The van der Waals surface area contributed by atoms with E-state index in [9.17, 15) is 9.90 Å². The van der Waals surface area contributed by atoms with Crippen LogP contribution in [0.1, 0.15) is 29.2 Å². The first-order valence-corrected chi connectivity index (χ1v) is 7.87. The van der Waals surface area contributed by atoms with Crippen LogP contribution in [-0.4, -0.2) is 20.8 Å². The van der Waals surface area contributed by atoms with E-state index in [2.05, 4.69) is 10.4 Å². The van der Waals surface area contributed by atoms with Gasteiger partial charge in [-0.05, 0) is 36.8 Å². The number of aromatic nitrogens is 2. The van der Waals surface area contributed by atoms with Crippen LogP contribution >= 0.6 is 0 Å². The molecule has 1 atom stereocenters. The molecule has 120 valence electrons. The number of carbonyl (C=O) groups excluding carboxylic acids is 1. The highest BCUT2D eigenvalue weighted by molar-refractivity contribution is 5.95. The summed E-state index contributed by atoms with van der Waals surface area (Å²) >= 11 is 0. The van der Waals surface area contributed by atoms with Crippen molar-refractivity contribution in [2.24, 2.45) is 0 Å². The van der Waals surface area contributed by atoms with Gasteiger partial charge in [0.1, 0.15) is 11.6 Å². The van der Waals surface area contributed by atoms with Gasteiger partial charge in [-0.1, -0.05) is 30.3 Å². The minimum absolute atomic E-state index is 0.0299. The molecule has 3 aromatic rings. The van der Waals surface area contributed by atoms with Crippen molar-refractivity contribution in [2.75, 3.05) is 5.32 Å². The van der Waals surface area contributed by atoms with E-state index in [0.29, 0.717) is 6.42 Å². The van der Waals surface area contributed by atoms with Gasteiger partial charge in [0.25, 0.3) is 0 Å². The molecule has 0 saturated heterocycles. The lowest BCUT2D eigenvalue weighted by Crippen LogP contribution is -2.24. The quantitative estimate of drug-likeness (QED) is 0.761. The van der Waals surface area contributed by atoms with Crippen molar-refractivity contribution in [3.63, 3.8) is 0 Å². The number of para-hydroxylation sites is 1. The van der Waals surface area contributed by atoms with Crippen molar-refractivity contribution in [2.45, 2.75) is 19.3 Å². The molecule has 4 rings (SSSR count). The fraction of sp³-hybridized carbons (Fsp3) is 0.158. The molecule has 1 amide bonds. The van der Waals surface area contributed by atoms with Crippen molar-refractivity contribution in [1.82, 2.24) is 9.78 Å². The Labute approximate surface area is 139 Å². The van der Waals surface area contributed by atoms with Gasteiger partial charge in [-0.25, -0.2) is 4.68 Å². The zero-order chi connectivity index (χ0) is 16.7. The highest BCUT2D eigenvalue weighted by Gasteiger charge is 2.32. The van der Waals surface area contributed by atoms with Crippen LogP contribution in [-0.2, 0) is 4.79 Å². The Balaban J connectivity index is 1.87. The Kier molecular flexibility index (Phi) is 3.34. The summed E-state index contributed by atoms with van der Waals surface area (Å²) in [6.07, 6.45) is 0.374. The number of rotatable bonds is 2. The molecule has 1 aliphatic heterocycles. The Morgan fingerprint density at radius 3 is 2.54 bits per heavy atom. The number of hydrogen-bond donors (Lipinski definition) is 2. The summed E-state index contributed by atoms with van der Waals surface area (Å²) in [5.41, 5.74) is 3.84. The van der Waals surface area contributed by atoms with Crippen LogP contribution in [0, 0.1) is 6.92 Å². The van der Waals surface area contributed by atoms with Gasteiger partial charge in [-0.15, -0.1) is 0 Å². The number of benzene rings is 2. The molecule has 0 spiro atoms. The minimum atomic E-state index is -0.0631. The average Bonchev–Trinajstić information content (AvgIpc) is 2.92. The third-order valence-corrected chi connectivity index (χ3v) is 4.40. The predicted octanol–water partition coefficient (Wildman–Crippen LogP) is 3.36. The number of amides is 1. The molecule has 0 aliphatic carbocycles. The normalized spacial score (nSPS) is 16.5. The van der Waals surface area contributed by atoms with Gasteiger partial charge in [0, 0.05) is 17.9 Å². The number of carbonyl (C=O) groups is 1. The van der Waals surface area contributed by atoms with Crippen LogP contribution in [0.5, 0.6) is 5.75 Å². The van der Waals surface area contributed by atoms with Crippen LogP contribution < -0.4 is 5.32 Å². The molecule has 2 heterocycles. The minimum Gasteiger partial charge on any atom is -0.508 e. The zero-order valence-electron chi connectivity index (χ0n) is 13.2. The maximum absolute atomic E-state index is 12.3. The molecule has 1 aromatic heterocycles. The van der Waals surface area contributed by atoms with E-state index in [1.165, 1.54) is 0 Å². The summed E-state index contributed by atoms with van der Waals surface area (Å²) in [6, 6.07) is 16.8. The SMILES string of the molecule is Cc1nn(-c2ccccc2)c2c1[C@H](c1ccc(O)cc1)CC(=O)N2. The Morgan fingerprint density at radius 2 is 1.83 bits per heavy atom. The Hall–Kier alpha value is -3.08. The number of nitrogens with one attached hydrogen (secondary N) is 1. The monoisotopic (exact) mass is 319 g/mol. The lowest BCUT2D eigenvalue weighted by molar-refractivity contribution is -0.116. The first-order valence-electron chi connectivity index (χ1n) is 7.87. The maximum Gasteiger partial charge on any atom is 0.226 e. The summed E-state index contributed by atoms with van der Waals surface area (Å²) in [4.78, 5) is 12.3. The summed E-state index contributed by atoms with van der Waals surface area (Å²) in [5, 5.41) is 17.1. The Morgan fingerprint density at radius 1 is 1.12 bits per heavy atom. The number of nitrogens with zero attached hydrogens (tertiary/aromatic N) is 2. The van der Waals surface area contributed by atoms with Crippen LogP contribution in [0.3, 0.4) is 0 Å². The van der Waals surface area contributed by atoms with E-state index in [0.717, 1.165) is 28.3 Å². The van der Waals surface area contributed by atoms with E-state index in [1.807, 2.05) is 49.4 Å². The number of hydrogen-bond acceptors (Lipinski definition) is 3. The lowest BCUT2D eigenvalue weighted by atomic mass is 9.86. The van der Waals surface area contributed by atoms with Gasteiger partial charge in [-0.3, -0.25) is 4.79 Å². The van der Waals surface area contributed by atoms with Crippen LogP contribution in [0.4, 0.5) is 5.82 Å². The van der Waals surface area contributed by atoms with Gasteiger partial charge >= 0.3 is 0 Å². The predicted molar refractivity (Wildman–Crippen MR) is 91.5 cm³/mol.